The van der Waals surface area contributed by atoms with Gasteiger partial charge in [-0.2, -0.15) is 5.26 Å². The van der Waals surface area contributed by atoms with Gasteiger partial charge in [-0.1, -0.05) is 84.4 Å². The van der Waals surface area contributed by atoms with Crippen molar-refractivity contribution in [2.75, 3.05) is 12.0 Å². The van der Waals surface area contributed by atoms with Gasteiger partial charge in [0.25, 0.3) is 0 Å². The Morgan fingerprint density at radius 1 is 0.690 bits per heavy atom. The minimum atomic E-state index is 0.582. The maximum absolute atomic E-state index is 9.99. The van der Waals surface area contributed by atoms with Gasteiger partial charge in [0.1, 0.15) is 11.8 Å². The van der Waals surface area contributed by atoms with Crippen molar-refractivity contribution in [2.45, 2.75) is 6.92 Å². The highest BCUT2D eigenvalue weighted by molar-refractivity contribution is 6.15. The van der Waals surface area contributed by atoms with E-state index in [-0.39, 0.29) is 0 Å². The van der Waals surface area contributed by atoms with Crippen molar-refractivity contribution in [2.24, 2.45) is 0 Å². The molecule has 0 saturated carbocycles. The first-order chi connectivity index (χ1) is 20.6. The van der Waals surface area contributed by atoms with Gasteiger partial charge < -0.3 is 9.64 Å². The van der Waals surface area contributed by atoms with Gasteiger partial charge in [-0.15, -0.1) is 0 Å². The van der Waals surface area contributed by atoms with Gasteiger partial charge in [-0.05, 0) is 88.1 Å². The van der Waals surface area contributed by atoms with E-state index >= 15 is 0 Å². The summed E-state index contributed by atoms with van der Waals surface area (Å²) in [4.78, 5) is 6.09. The van der Waals surface area contributed by atoms with Crippen LogP contribution in [0.15, 0.2) is 115 Å². The molecule has 0 bridgehead atoms. The van der Waals surface area contributed by atoms with E-state index in [2.05, 4.69) is 70.4 Å². The normalized spacial score (nSPS) is 11.0. The second-order valence-electron chi connectivity index (χ2n) is 10.1. The molecular weight excluding hydrogens is 514 g/mol. The summed E-state index contributed by atoms with van der Waals surface area (Å²) < 4.78 is 5.36. The second-order valence-corrected chi connectivity index (χ2v) is 10.1. The summed E-state index contributed by atoms with van der Waals surface area (Å²) in [7, 11) is 1.67. The molecule has 42 heavy (non-hydrogen) atoms. The van der Waals surface area contributed by atoms with Gasteiger partial charge in [-0.25, -0.2) is 4.85 Å². The van der Waals surface area contributed by atoms with Gasteiger partial charge in [-0.3, -0.25) is 0 Å². The molecule has 4 nitrogen and oxygen atoms in total. The molecular formula is C38H27N3O. The van der Waals surface area contributed by atoms with Crippen LogP contribution < -0.4 is 9.64 Å². The predicted octanol–water partition coefficient (Wildman–Crippen LogP) is 10.4. The highest BCUT2D eigenvalue weighted by Gasteiger charge is 2.15. The van der Waals surface area contributed by atoms with Crippen molar-refractivity contribution in [3.05, 3.63) is 149 Å². The van der Waals surface area contributed by atoms with E-state index in [4.69, 9.17) is 11.3 Å². The zero-order valence-electron chi connectivity index (χ0n) is 23.4. The number of ether oxygens (including phenoxy) is 1. The summed E-state index contributed by atoms with van der Waals surface area (Å²) in [5, 5.41) is 13.2. The van der Waals surface area contributed by atoms with Crippen molar-refractivity contribution < 1.29 is 4.74 Å². The Kier molecular flexibility index (Phi) is 7.12. The third kappa shape index (κ3) is 4.94. The Hall–Kier alpha value is -5.84. The number of hydrogen-bond acceptors (Lipinski definition) is 3. The van der Waals surface area contributed by atoms with Crippen LogP contribution in [0.4, 0.5) is 22.7 Å². The lowest BCUT2D eigenvalue weighted by Crippen LogP contribution is -2.09. The Labute approximate surface area is 245 Å². The molecule has 0 atom stereocenters. The maximum Gasteiger partial charge on any atom is 0.202 e. The van der Waals surface area contributed by atoms with E-state index in [9.17, 15) is 5.26 Å². The summed E-state index contributed by atoms with van der Waals surface area (Å²) in [6.45, 7) is 9.91. The fraction of sp³-hybridized carbons (Fsp3) is 0.0526. The fourth-order valence-electron chi connectivity index (χ4n) is 5.36. The minimum Gasteiger partial charge on any atom is -0.497 e. The monoisotopic (exact) mass is 541 g/mol. The predicted molar refractivity (Wildman–Crippen MR) is 174 cm³/mol. The second kappa shape index (κ2) is 11.3. The van der Waals surface area contributed by atoms with Crippen molar-refractivity contribution in [1.29, 1.82) is 5.26 Å². The quantitative estimate of drug-likeness (QED) is 0.120. The van der Waals surface area contributed by atoms with E-state index in [1.165, 1.54) is 0 Å². The first-order valence-electron chi connectivity index (χ1n) is 13.6. The number of para-hydroxylation sites is 1. The molecule has 0 N–H and O–H groups in total. The molecule has 0 aliphatic carbocycles. The number of fused-ring (bicyclic) bond motifs is 2. The van der Waals surface area contributed by atoms with Crippen LogP contribution >= 0.6 is 0 Å². The van der Waals surface area contributed by atoms with Crippen molar-refractivity contribution in [3.63, 3.8) is 0 Å². The topological polar surface area (TPSA) is 40.6 Å². The summed E-state index contributed by atoms with van der Waals surface area (Å²) in [6.07, 6.45) is 4.12. The summed E-state index contributed by atoms with van der Waals surface area (Å²) in [6, 6.07) is 41.0. The molecule has 0 amide bonds. The summed E-state index contributed by atoms with van der Waals surface area (Å²) in [5.41, 5.74) is 7.43. The summed E-state index contributed by atoms with van der Waals surface area (Å²) >= 11 is 0. The van der Waals surface area contributed by atoms with Crippen LogP contribution in [-0.4, -0.2) is 7.11 Å². The van der Waals surface area contributed by atoms with Gasteiger partial charge in [0, 0.05) is 17.1 Å². The molecule has 0 fully saturated rings. The number of nitriles is 1. The Morgan fingerprint density at radius 3 is 1.98 bits per heavy atom. The standard InChI is InChI=1S/C38H27N3O/c1-26-9-21-34-35(23-26)37(25-39)33-22-14-28(24-36(33)38(34)40-2)11-10-27-12-15-30(16-13-27)41(29-7-5-4-6-8-29)31-17-19-32(42-3)20-18-31/h4-24H,1,3H3. The van der Waals surface area contributed by atoms with Crippen LogP contribution in [0.3, 0.4) is 0 Å². The lowest BCUT2D eigenvalue weighted by Gasteiger charge is -2.25. The van der Waals surface area contributed by atoms with E-state index < -0.39 is 0 Å². The molecule has 0 spiro atoms. The van der Waals surface area contributed by atoms with Crippen molar-refractivity contribution >= 4 is 56.4 Å². The molecule has 0 aromatic heterocycles. The third-order valence-corrected chi connectivity index (χ3v) is 7.46. The molecule has 6 rings (SSSR count). The van der Waals surface area contributed by atoms with E-state index in [0.717, 1.165) is 61.0 Å². The first kappa shape index (κ1) is 26.4. The first-order valence-corrected chi connectivity index (χ1v) is 13.6. The zero-order chi connectivity index (χ0) is 29.1. The van der Waals surface area contributed by atoms with Crippen LogP contribution in [0.1, 0.15) is 22.3 Å². The summed E-state index contributed by atoms with van der Waals surface area (Å²) in [5.74, 6) is 0.816. The van der Waals surface area contributed by atoms with Crippen LogP contribution in [0.25, 0.3) is 38.5 Å². The smallest absolute Gasteiger partial charge is 0.202 e. The van der Waals surface area contributed by atoms with Gasteiger partial charge >= 0.3 is 0 Å². The third-order valence-electron chi connectivity index (χ3n) is 7.46. The van der Waals surface area contributed by atoms with Gasteiger partial charge in [0.05, 0.1) is 19.2 Å². The molecule has 0 aliphatic rings. The number of methoxy groups -OCH3 is 1. The molecule has 0 radical (unpaired) electrons. The zero-order valence-corrected chi connectivity index (χ0v) is 23.4. The number of aryl methyl sites for hydroxylation is 1. The lowest BCUT2D eigenvalue weighted by molar-refractivity contribution is 0.415. The van der Waals surface area contributed by atoms with Crippen molar-refractivity contribution in [1.82, 2.24) is 0 Å². The number of hydrogen-bond donors (Lipinski definition) is 0. The Balaban J connectivity index is 1.34. The molecule has 0 heterocycles. The Morgan fingerprint density at radius 2 is 1.31 bits per heavy atom. The van der Waals surface area contributed by atoms with Crippen LogP contribution in [0.2, 0.25) is 0 Å². The SMILES string of the molecule is [C-]#[N+]c1c2ccc(C)cc2c(C#N)c2ccc(C=Cc3ccc(N(c4ccccc4)c4ccc(OC)cc4)cc3)cc12. The number of rotatable bonds is 6. The molecule has 0 saturated heterocycles. The molecule has 6 aromatic carbocycles. The molecule has 0 aliphatic heterocycles. The fourth-order valence-corrected chi connectivity index (χ4v) is 5.36. The maximum atomic E-state index is 9.99. The van der Waals surface area contributed by atoms with Crippen molar-refractivity contribution in [3.8, 4) is 11.8 Å². The highest BCUT2D eigenvalue weighted by Crippen LogP contribution is 2.40. The average Bonchev–Trinajstić information content (AvgIpc) is 3.04. The molecule has 6 aromatic rings. The number of nitrogens with zero attached hydrogens (tertiary/aromatic N) is 3. The Bertz CT molecular complexity index is 2030. The largest absolute Gasteiger partial charge is 0.497 e. The minimum absolute atomic E-state index is 0.582. The van der Waals surface area contributed by atoms with Crippen LogP contribution in [0.5, 0.6) is 5.75 Å². The molecule has 200 valence electrons. The lowest BCUT2D eigenvalue weighted by atomic mass is 9.93. The van der Waals surface area contributed by atoms with E-state index in [0.29, 0.717) is 11.3 Å². The van der Waals surface area contributed by atoms with Gasteiger partial charge in [0.2, 0.25) is 5.69 Å². The van der Waals surface area contributed by atoms with E-state index in [1.54, 1.807) is 7.11 Å². The molecule has 0 unspecified atom stereocenters. The van der Waals surface area contributed by atoms with Crippen LogP contribution in [-0.2, 0) is 0 Å². The van der Waals surface area contributed by atoms with Gasteiger partial charge in [0.15, 0.2) is 0 Å². The van der Waals surface area contributed by atoms with Crippen LogP contribution in [0, 0.1) is 24.8 Å². The highest BCUT2D eigenvalue weighted by atomic mass is 16.5. The number of anilines is 3. The average molecular weight is 542 g/mol. The van der Waals surface area contributed by atoms with E-state index in [1.807, 2.05) is 79.7 Å². The number of benzene rings is 6. The molecule has 4 heteroatoms.